The van der Waals surface area contributed by atoms with E-state index in [1.165, 1.54) is 0 Å². The van der Waals surface area contributed by atoms with E-state index in [1.807, 2.05) is 18.2 Å². The average molecular weight is 246 g/mol. The Kier molecular flexibility index (Phi) is 4.12. The highest BCUT2D eigenvalue weighted by Crippen LogP contribution is 2.22. The maximum atomic E-state index is 10.9. The van der Waals surface area contributed by atoms with Gasteiger partial charge in [-0.05, 0) is 30.5 Å². The molecule has 0 bridgehead atoms. The van der Waals surface area contributed by atoms with Crippen LogP contribution in [-0.2, 0) is 17.9 Å². The predicted octanol–water partition coefficient (Wildman–Crippen LogP) is 1.95. The highest BCUT2D eigenvalue weighted by atomic mass is 16.5. The third-order valence-corrected chi connectivity index (χ3v) is 3.03. The predicted molar refractivity (Wildman–Crippen MR) is 71.7 cm³/mol. The van der Waals surface area contributed by atoms with Gasteiger partial charge in [-0.25, -0.2) is 0 Å². The van der Waals surface area contributed by atoms with E-state index in [9.17, 15) is 4.79 Å². The number of carbonyl (C=O) groups excluding carboxylic acids is 1. The number of fused-ring (bicyclic) bond motifs is 1. The lowest BCUT2D eigenvalue weighted by Gasteiger charge is -2.09. The minimum Gasteiger partial charge on any atom is -0.378 e. The minimum absolute atomic E-state index is 0.565. The van der Waals surface area contributed by atoms with Gasteiger partial charge in [0.15, 0.2) is 0 Å². The summed E-state index contributed by atoms with van der Waals surface area (Å²) in [6.45, 7) is 2.07. The summed E-state index contributed by atoms with van der Waals surface area (Å²) in [7, 11) is 1.68. The maximum absolute atomic E-state index is 10.9. The van der Waals surface area contributed by atoms with Crippen molar-refractivity contribution in [2.45, 2.75) is 19.6 Å². The van der Waals surface area contributed by atoms with Crippen LogP contribution < -0.4 is 5.73 Å². The summed E-state index contributed by atoms with van der Waals surface area (Å²) in [6, 6.07) is 7.82. The molecule has 0 radical (unpaired) electrons. The third-order valence-electron chi connectivity index (χ3n) is 3.03. The molecule has 4 heteroatoms. The highest BCUT2D eigenvalue weighted by Gasteiger charge is 2.08. The summed E-state index contributed by atoms with van der Waals surface area (Å²) in [4.78, 5) is 10.9. The van der Waals surface area contributed by atoms with Crippen LogP contribution in [0.15, 0.2) is 24.3 Å². The Balaban J connectivity index is 2.50. The number of methoxy groups -OCH3 is 1. The van der Waals surface area contributed by atoms with Crippen LogP contribution in [0.4, 0.5) is 0 Å². The van der Waals surface area contributed by atoms with Gasteiger partial charge in [0.1, 0.15) is 6.29 Å². The van der Waals surface area contributed by atoms with E-state index in [1.54, 1.807) is 7.11 Å². The largest absolute Gasteiger partial charge is 0.378 e. The molecule has 2 rings (SSSR count). The topological polar surface area (TPSA) is 57.2 Å². The average Bonchev–Trinajstić information content (AvgIpc) is 2.73. The van der Waals surface area contributed by atoms with Crippen LogP contribution in [0.1, 0.15) is 22.5 Å². The van der Waals surface area contributed by atoms with E-state index < -0.39 is 0 Å². The molecule has 2 aromatic rings. The number of nitrogens with two attached hydrogens (primary N) is 1. The fraction of sp³-hybridized carbons (Fsp3) is 0.357. The van der Waals surface area contributed by atoms with Crippen molar-refractivity contribution in [1.82, 2.24) is 4.57 Å². The van der Waals surface area contributed by atoms with Gasteiger partial charge in [-0.15, -0.1) is 0 Å². The van der Waals surface area contributed by atoms with Crippen molar-refractivity contribution >= 4 is 17.2 Å². The summed E-state index contributed by atoms with van der Waals surface area (Å²) < 4.78 is 7.39. The number of aldehydes is 1. The van der Waals surface area contributed by atoms with Crippen LogP contribution in [0.2, 0.25) is 0 Å². The number of ether oxygens (including phenoxy) is 1. The molecule has 0 amide bonds. The Morgan fingerprint density at radius 1 is 1.39 bits per heavy atom. The number of hydrogen-bond donors (Lipinski definition) is 1. The first-order valence-electron chi connectivity index (χ1n) is 6.06. The van der Waals surface area contributed by atoms with E-state index in [0.29, 0.717) is 18.7 Å². The lowest BCUT2D eigenvalue weighted by Crippen LogP contribution is -2.08. The standard InChI is InChI=1S/C14H18N2O2/c1-18-10-13-8-12-4-3-11(9-17)7-14(12)16(13)6-2-5-15/h3-4,7-9H,2,5-6,10,15H2,1H3. The molecule has 0 unspecified atom stereocenters. The van der Waals surface area contributed by atoms with E-state index in [4.69, 9.17) is 10.5 Å². The number of benzene rings is 1. The first kappa shape index (κ1) is 12.8. The molecule has 0 saturated carbocycles. The van der Waals surface area contributed by atoms with E-state index in [0.717, 1.165) is 35.8 Å². The van der Waals surface area contributed by atoms with Gasteiger partial charge in [-0.1, -0.05) is 12.1 Å². The fourth-order valence-corrected chi connectivity index (χ4v) is 2.18. The van der Waals surface area contributed by atoms with Crippen LogP contribution in [-0.4, -0.2) is 24.5 Å². The van der Waals surface area contributed by atoms with Crippen molar-refractivity contribution in [3.05, 3.63) is 35.5 Å². The molecule has 1 aromatic heterocycles. The van der Waals surface area contributed by atoms with Crippen LogP contribution in [0.5, 0.6) is 0 Å². The van der Waals surface area contributed by atoms with Crippen molar-refractivity contribution in [3.63, 3.8) is 0 Å². The smallest absolute Gasteiger partial charge is 0.150 e. The zero-order valence-electron chi connectivity index (χ0n) is 10.6. The van der Waals surface area contributed by atoms with Crippen LogP contribution in [0.25, 0.3) is 10.9 Å². The number of aryl methyl sites for hydroxylation is 1. The van der Waals surface area contributed by atoms with Crippen LogP contribution >= 0.6 is 0 Å². The molecule has 1 aromatic carbocycles. The summed E-state index contributed by atoms with van der Waals surface area (Å²) >= 11 is 0. The first-order valence-corrected chi connectivity index (χ1v) is 6.06. The second-order valence-electron chi connectivity index (χ2n) is 4.30. The van der Waals surface area contributed by atoms with Crippen molar-refractivity contribution in [2.24, 2.45) is 5.73 Å². The molecule has 1 heterocycles. The second kappa shape index (κ2) is 5.80. The zero-order chi connectivity index (χ0) is 13.0. The Labute approximate surface area is 106 Å². The van der Waals surface area contributed by atoms with Gasteiger partial charge in [0.05, 0.1) is 6.61 Å². The maximum Gasteiger partial charge on any atom is 0.150 e. The van der Waals surface area contributed by atoms with Crippen molar-refractivity contribution in [1.29, 1.82) is 0 Å². The molecular weight excluding hydrogens is 228 g/mol. The van der Waals surface area contributed by atoms with Gasteiger partial charge in [0.25, 0.3) is 0 Å². The summed E-state index contributed by atoms with van der Waals surface area (Å²) in [5.41, 5.74) is 8.45. The molecule has 0 aliphatic heterocycles. The fourth-order valence-electron chi connectivity index (χ4n) is 2.18. The number of carbonyl (C=O) groups is 1. The van der Waals surface area contributed by atoms with Crippen LogP contribution in [0.3, 0.4) is 0 Å². The summed E-state index contributed by atoms with van der Waals surface area (Å²) in [5.74, 6) is 0. The molecule has 0 aliphatic rings. The monoisotopic (exact) mass is 246 g/mol. The van der Waals surface area contributed by atoms with Gasteiger partial charge in [-0.2, -0.15) is 0 Å². The molecule has 0 saturated heterocycles. The quantitative estimate of drug-likeness (QED) is 0.792. The molecule has 0 aliphatic carbocycles. The molecule has 0 fully saturated rings. The van der Waals surface area contributed by atoms with E-state index in [2.05, 4.69) is 10.6 Å². The third kappa shape index (κ3) is 2.44. The molecule has 4 nitrogen and oxygen atoms in total. The normalized spacial score (nSPS) is 11.0. The Hall–Kier alpha value is -1.65. The number of rotatable bonds is 6. The summed E-state index contributed by atoms with van der Waals surface area (Å²) in [6.07, 6.45) is 1.78. The van der Waals surface area contributed by atoms with Gasteiger partial charge >= 0.3 is 0 Å². The van der Waals surface area contributed by atoms with Crippen LogP contribution in [0, 0.1) is 0 Å². The molecular formula is C14H18N2O2. The van der Waals surface area contributed by atoms with Gasteiger partial charge in [0, 0.05) is 30.4 Å². The lowest BCUT2D eigenvalue weighted by molar-refractivity contribution is 0.112. The molecule has 96 valence electrons. The highest BCUT2D eigenvalue weighted by molar-refractivity contribution is 5.88. The van der Waals surface area contributed by atoms with Gasteiger partial charge in [-0.3, -0.25) is 4.79 Å². The van der Waals surface area contributed by atoms with Crippen molar-refractivity contribution < 1.29 is 9.53 Å². The number of aromatic nitrogens is 1. The first-order chi connectivity index (χ1) is 8.80. The van der Waals surface area contributed by atoms with Gasteiger partial charge < -0.3 is 15.0 Å². The zero-order valence-corrected chi connectivity index (χ0v) is 10.6. The SMILES string of the molecule is COCc1cc2ccc(C=O)cc2n1CCCN. The number of hydrogen-bond acceptors (Lipinski definition) is 3. The van der Waals surface area contributed by atoms with Crippen molar-refractivity contribution in [3.8, 4) is 0 Å². The minimum atomic E-state index is 0.565. The van der Waals surface area contributed by atoms with E-state index in [-0.39, 0.29) is 0 Å². The number of nitrogens with zero attached hydrogens (tertiary/aromatic N) is 1. The molecule has 18 heavy (non-hydrogen) atoms. The lowest BCUT2D eigenvalue weighted by atomic mass is 10.2. The van der Waals surface area contributed by atoms with Gasteiger partial charge in [0.2, 0.25) is 0 Å². The van der Waals surface area contributed by atoms with Crippen molar-refractivity contribution in [2.75, 3.05) is 13.7 Å². The Morgan fingerprint density at radius 2 is 2.22 bits per heavy atom. The summed E-state index contributed by atoms with van der Waals surface area (Å²) in [5, 5.41) is 1.13. The van der Waals surface area contributed by atoms with E-state index >= 15 is 0 Å². The Morgan fingerprint density at radius 3 is 2.89 bits per heavy atom. The molecule has 0 atom stereocenters. The molecule has 2 N–H and O–H groups in total. The second-order valence-corrected chi connectivity index (χ2v) is 4.30. The molecule has 0 spiro atoms. The Bertz CT molecular complexity index is 546.